The van der Waals surface area contributed by atoms with Gasteiger partial charge < -0.3 is 9.47 Å². The Labute approximate surface area is 88.5 Å². The minimum atomic E-state index is -0.759. The van der Waals surface area contributed by atoms with Gasteiger partial charge in [-0.05, 0) is 12.1 Å². The highest BCUT2D eigenvalue weighted by Gasteiger charge is 2.35. The van der Waals surface area contributed by atoms with Crippen molar-refractivity contribution in [3.05, 3.63) is 47.7 Å². The average molecular weight is 201 g/mol. The lowest BCUT2D eigenvalue weighted by Gasteiger charge is -2.22. The molecule has 3 nitrogen and oxygen atoms in total. The number of ether oxygens (including phenoxy) is 2. The third-order valence-corrected chi connectivity index (χ3v) is 2.39. The van der Waals surface area contributed by atoms with Crippen LogP contribution in [0, 0.1) is 11.3 Å². The van der Waals surface area contributed by atoms with Crippen molar-refractivity contribution in [3.63, 3.8) is 0 Å². The number of rotatable bonds is 1. The van der Waals surface area contributed by atoms with Crippen LogP contribution in [-0.4, -0.2) is 6.61 Å². The Morgan fingerprint density at radius 2 is 2.07 bits per heavy atom. The molecule has 3 heteroatoms. The van der Waals surface area contributed by atoms with E-state index in [1.807, 2.05) is 19.1 Å². The summed E-state index contributed by atoms with van der Waals surface area (Å²) in [6.45, 7) is 5.96. The Kier molecular flexibility index (Phi) is 2.22. The van der Waals surface area contributed by atoms with Crippen molar-refractivity contribution in [1.82, 2.24) is 0 Å². The number of hydrogen-bond donors (Lipinski definition) is 0. The van der Waals surface area contributed by atoms with Gasteiger partial charge in [-0.25, -0.2) is 0 Å². The molecule has 0 aromatic heterocycles. The zero-order valence-corrected chi connectivity index (χ0v) is 8.49. The Bertz CT molecular complexity index is 430. The Balaban J connectivity index is 2.30. The van der Waals surface area contributed by atoms with Crippen LogP contribution in [0.5, 0.6) is 0 Å². The fourth-order valence-electron chi connectivity index (χ4n) is 1.54. The predicted molar refractivity (Wildman–Crippen MR) is 54.7 cm³/mol. The molecule has 15 heavy (non-hydrogen) atoms. The van der Waals surface area contributed by atoms with E-state index in [1.54, 1.807) is 12.1 Å². The third kappa shape index (κ3) is 1.72. The van der Waals surface area contributed by atoms with Crippen LogP contribution < -0.4 is 0 Å². The monoisotopic (exact) mass is 201 g/mol. The smallest absolute Gasteiger partial charge is 0.234 e. The highest BCUT2D eigenvalue weighted by Crippen LogP contribution is 2.34. The molecule has 0 spiro atoms. The molecule has 0 amide bonds. The number of benzene rings is 1. The fourth-order valence-corrected chi connectivity index (χ4v) is 1.54. The van der Waals surface area contributed by atoms with Gasteiger partial charge in [-0.1, -0.05) is 18.7 Å². The molecule has 2 rings (SSSR count). The summed E-state index contributed by atoms with van der Waals surface area (Å²) >= 11 is 0. The van der Waals surface area contributed by atoms with Gasteiger partial charge in [-0.15, -0.1) is 0 Å². The molecule has 1 aliphatic rings. The SMILES string of the molecule is C=C1COC(C)(c2ccc(C#N)cc2)O1. The summed E-state index contributed by atoms with van der Waals surface area (Å²) in [5.41, 5.74) is 1.51. The van der Waals surface area contributed by atoms with E-state index < -0.39 is 5.79 Å². The zero-order valence-electron chi connectivity index (χ0n) is 8.49. The molecule has 76 valence electrons. The lowest BCUT2D eigenvalue weighted by molar-refractivity contribution is -0.140. The summed E-state index contributed by atoms with van der Waals surface area (Å²) in [6, 6.07) is 9.22. The van der Waals surface area contributed by atoms with E-state index in [2.05, 4.69) is 12.6 Å². The predicted octanol–water partition coefficient (Wildman–Crippen LogP) is 2.29. The molecule has 0 saturated carbocycles. The van der Waals surface area contributed by atoms with Gasteiger partial charge in [0.15, 0.2) is 0 Å². The molecular formula is C12H11NO2. The Hall–Kier alpha value is -1.79. The first-order valence-electron chi connectivity index (χ1n) is 4.65. The molecule has 0 aliphatic carbocycles. The summed E-state index contributed by atoms with van der Waals surface area (Å²) in [5.74, 6) is -0.132. The molecule has 0 bridgehead atoms. The van der Waals surface area contributed by atoms with E-state index >= 15 is 0 Å². The van der Waals surface area contributed by atoms with Crippen LogP contribution in [0.3, 0.4) is 0 Å². The molecule has 1 unspecified atom stereocenters. The van der Waals surface area contributed by atoms with Crippen molar-refractivity contribution in [3.8, 4) is 6.07 Å². The van der Waals surface area contributed by atoms with E-state index in [9.17, 15) is 0 Å². The summed E-state index contributed by atoms with van der Waals surface area (Å²) in [6.07, 6.45) is 0. The summed E-state index contributed by atoms with van der Waals surface area (Å²) in [7, 11) is 0. The average Bonchev–Trinajstić information content (AvgIpc) is 2.60. The summed E-state index contributed by atoms with van der Waals surface area (Å²) < 4.78 is 11.0. The lowest BCUT2D eigenvalue weighted by Crippen LogP contribution is -2.21. The maximum atomic E-state index is 8.67. The molecule has 0 radical (unpaired) electrons. The lowest BCUT2D eigenvalue weighted by atomic mass is 10.1. The van der Waals surface area contributed by atoms with Crippen molar-refractivity contribution < 1.29 is 9.47 Å². The largest absolute Gasteiger partial charge is 0.461 e. The van der Waals surface area contributed by atoms with Crippen molar-refractivity contribution >= 4 is 0 Å². The first kappa shape index (κ1) is 9.75. The van der Waals surface area contributed by atoms with Gasteiger partial charge >= 0.3 is 0 Å². The second-order valence-corrected chi connectivity index (χ2v) is 3.56. The van der Waals surface area contributed by atoms with E-state index in [0.717, 1.165) is 5.56 Å². The van der Waals surface area contributed by atoms with Crippen LogP contribution in [0.1, 0.15) is 18.1 Å². The minimum absolute atomic E-state index is 0.413. The van der Waals surface area contributed by atoms with Gasteiger partial charge in [0, 0.05) is 12.5 Å². The molecule has 1 aromatic carbocycles. The molecule has 1 aliphatic heterocycles. The van der Waals surface area contributed by atoms with Crippen LogP contribution in [-0.2, 0) is 15.3 Å². The highest BCUT2D eigenvalue weighted by molar-refractivity contribution is 5.33. The van der Waals surface area contributed by atoms with Crippen molar-refractivity contribution in [2.75, 3.05) is 6.61 Å². The van der Waals surface area contributed by atoms with Crippen LogP contribution in [0.2, 0.25) is 0 Å². The number of nitrogens with zero attached hydrogens (tertiary/aromatic N) is 1. The fraction of sp³-hybridized carbons (Fsp3) is 0.250. The second kappa shape index (κ2) is 3.41. The first-order valence-corrected chi connectivity index (χ1v) is 4.65. The van der Waals surface area contributed by atoms with Gasteiger partial charge in [0.05, 0.1) is 11.6 Å². The van der Waals surface area contributed by atoms with Gasteiger partial charge in [-0.3, -0.25) is 0 Å². The molecule has 0 N–H and O–H groups in total. The van der Waals surface area contributed by atoms with E-state index in [0.29, 0.717) is 17.9 Å². The van der Waals surface area contributed by atoms with Gasteiger partial charge in [0.25, 0.3) is 0 Å². The molecular weight excluding hydrogens is 190 g/mol. The minimum Gasteiger partial charge on any atom is -0.461 e. The quantitative estimate of drug-likeness (QED) is 0.700. The molecule has 1 saturated heterocycles. The Morgan fingerprint density at radius 1 is 1.40 bits per heavy atom. The van der Waals surface area contributed by atoms with Gasteiger partial charge in [-0.2, -0.15) is 5.26 Å². The molecule has 1 atom stereocenters. The summed E-state index contributed by atoms with van der Waals surface area (Å²) in [5, 5.41) is 8.67. The second-order valence-electron chi connectivity index (χ2n) is 3.56. The topological polar surface area (TPSA) is 42.2 Å². The molecule has 1 aromatic rings. The summed E-state index contributed by atoms with van der Waals surface area (Å²) in [4.78, 5) is 0. The van der Waals surface area contributed by atoms with Gasteiger partial charge in [0.1, 0.15) is 12.4 Å². The van der Waals surface area contributed by atoms with Crippen LogP contribution in [0.4, 0.5) is 0 Å². The third-order valence-electron chi connectivity index (χ3n) is 2.39. The van der Waals surface area contributed by atoms with Crippen LogP contribution in [0.25, 0.3) is 0 Å². The zero-order chi connectivity index (χ0) is 10.9. The van der Waals surface area contributed by atoms with E-state index in [4.69, 9.17) is 14.7 Å². The van der Waals surface area contributed by atoms with Crippen molar-refractivity contribution in [1.29, 1.82) is 5.26 Å². The molecule has 1 fully saturated rings. The highest BCUT2D eigenvalue weighted by atomic mass is 16.7. The maximum absolute atomic E-state index is 8.67. The first-order chi connectivity index (χ1) is 7.14. The van der Waals surface area contributed by atoms with E-state index in [-0.39, 0.29) is 0 Å². The van der Waals surface area contributed by atoms with Crippen LogP contribution >= 0.6 is 0 Å². The normalized spacial score (nSPS) is 24.7. The van der Waals surface area contributed by atoms with Crippen LogP contribution in [0.15, 0.2) is 36.6 Å². The standard InChI is InChI=1S/C12H11NO2/c1-9-8-14-12(2,15-9)11-5-3-10(7-13)4-6-11/h3-6H,1,8H2,2H3. The molecule has 1 heterocycles. The maximum Gasteiger partial charge on any atom is 0.234 e. The van der Waals surface area contributed by atoms with E-state index in [1.165, 1.54) is 0 Å². The Morgan fingerprint density at radius 3 is 2.53 bits per heavy atom. The van der Waals surface area contributed by atoms with Gasteiger partial charge in [0.2, 0.25) is 5.79 Å². The number of nitriles is 1. The number of hydrogen-bond acceptors (Lipinski definition) is 3. The van der Waals surface area contributed by atoms with Crippen molar-refractivity contribution in [2.45, 2.75) is 12.7 Å². The van der Waals surface area contributed by atoms with Crippen molar-refractivity contribution in [2.24, 2.45) is 0 Å².